The number of rotatable bonds is 3. The van der Waals surface area contributed by atoms with Crippen LogP contribution in [0.5, 0.6) is 5.75 Å². The van der Waals surface area contributed by atoms with E-state index in [1.807, 2.05) is 0 Å². The number of carbonyl (C=O) groups excluding carboxylic acids is 2. The fraction of sp³-hybridized carbons (Fsp3) is 0.200. The summed E-state index contributed by atoms with van der Waals surface area (Å²) in [5.41, 5.74) is -0.419. The Bertz CT molecular complexity index is 635. The van der Waals surface area contributed by atoms with Crippen LogP contribution < -0.4 is 9.03 Å². The van der Waals surface area contributed by atoms with E-state index >= 15 is 0 Å². The minimum absolute atomic E-state index is 0.116. The highest BCUT2D eigenvalue weighted by atomic mass is 32.2. The molecule has 1 amide bonds. The zero-order chi connectivity index (χ0) is 14.2. The molecule has 1 aliphatic rings. The van der Waals surface area contributed by atoms with E-state index in [-0.39, 0.29) is 12.0 Å². The first-order valence-electron chi connectivity index (χ1n) is 5.13. The molecule has 0 aliphatic carbocycles. The van der Waals surface area contributed by atoms with Gasteiger partial charge in [-0.1, -0.05) is 0 Å². The number of nitrogens with zero attached hydrogens (tertiary/aromatic N) is 1. The number of amides is 1. The van der Waals surface area contributed by atoms with Gasteiger partial charge in [0.15, 0.2) is 5.82 Å². The lowest BCUT2D eigenvalue weighted by molar-refractivity contribution is -0.117. The van der Waals surface area contributed by atoms with Gasteiger partial charge in [-0.2, -0.15) is 8.42 Å². The monoisotopic (exact) mass is 288 g/mol. The van der Waals surface area contributed by atoms with Crippen LogP contribution >= 0.6 is 0 Å². The number of halogens is 1. The van der Waals surface area contributed by atoms with Crippen LogP contribution in [0.25, 0.3) is 0 Å². The molecule has 1 aliphatic heterocycles. The van der Waals surface area contributed by atoms with Crippen molar-refractivity contribution in [3.63, 3.8) is 0 Å². The van der Waals surface area contributed by atoms with E-state index in [2.05, 4.69) is 0 Å². The minimum Gasteiger partial charge on any atom is -0.506 e. The third-order valence-corrected chi connectivity index (χ3v) is 3.87. The van der Waals surface area contributed by atoms with Crippen molar-refractivity contribution in [2.75, 3.05) is 10.8 Å². The predicted octanol–water partition coefficient (Wildman–Crippen LogP) is -0.546. The van der Waals surface area contributed by atoms with Gasteiger partial charge >= 0.3 is 10.2 Å². The van der Waals surface area contributed by atoms with E-state index in [0.717, 1.165) is 12.1 Å². The molecule has 9 heteroatoms. The first-order chi connectivity index (χ1) is 8.85. The van der Waals surface area contributed by atoms with Crippen molar-refractivity contribution in [1.29, 1.82) is 0 Å². The van der Waals surface area contributed by atoms with Crippen LogP contribution in [0.3, 0.4) is 0 Å². The molecule has 102 valence electrons. The molecule has 0 spiro atoms. The Morgan fingerprint density at radius 2 is 2.16 bits per heavy atom. The van der Waals surface area contributed by atoms with Crippen molar-refractivity contribution < 1.29 is 27.5 Å². The zero-order valence-corrected chi connectivity index (χ0v) is 10.3. The van der Waals surface area contributed by atoms with Gasteiger partial charge in [-0.15, -0.1) is 0 Å². The molecule has 1 aromatic carbocycles. The maximum atomic E-state index is 13.8. The maximum Gasteiger partial charge on any atom is 0.326 e. The van der Waals surface area contributed by atoms with E-state index < -0.39 is 39.9 Å². The zero-order valence-electron chi connectivity index (χ0n) is 9.46. The quantitative estimate of drug-likeness (QED) is 0.727. The van der Waals surface area contributed by atoms with Gasteiger partial charge in [0, 0.05) is 6.42 Å². The second-order valence-corrected chi connectivity index (χ2v) is 5.45. The molecule has 1 aromatic rings. The Morgan fingerprint density at radius 1 is 1.47 bits per heavy atom. The number of carbonyl (C=O) groups is 2. The molecule has 1 saturated heterocycles. The number of aromatic hydroxyl groups is 1. The number of aldehydes is 1. The third kappa shape index (κ3) is 2.36. The molecular formula is C10H9FN2O5S. The molecule has 0 radical (unpaired) electrons. The lowest BCUT2D eigenvalue weighted by Gasteiger charge is -2.17. The number of anilines is 1. The Hall–Kier alpha value is -2.16. The highest BCUT2D eigenvalue weighted by Crippen LogP contribution is 2.34. The standard InChI is InChI=1S/C10H9FN2O5S/c11-7-3-6(1-2-14)4-8(15)10(7)13-5-9(16)12-19(13,17)18/h2-4,15H,1,5H2,(H,12,16). The Morgan fingerprint density at radius 3 is 2.63 bits per heavy atom. The first kappa shape index (κ1) is 13.3. The Balaban J connectivity index is 2.52. The summed E-state index contributed by atoms with van der Waals surface area (Å²) in [4.78, 5) is 21.4. The Labute approximate surface area is 107 Å². The highest BCUT2D eigenvalue weighted by Gasteiger charge is 2.37. The first-order valence-corrected chi connectivity index (χ1v) is 6.57. The smallest absolute Gasteiger partial charge is 0.326 e. The van der Waals surface area contributed by atoms with E-state index in [4.69, 9.17) is 0 Å². The Kier molecular flexibility index (Phi) is 3.14. The van der Waals surface area contributed by atoms with Crippen molar-refractivity contribution in [2.45, 2.75) is 6.42 Å². The van der Waals surface area contributed by atoms with Gasteiger partial charge in [0.25, 0.3) is 5.91 Å². The fourth-order valence-corrected chi connectivity index (χ4v) is 2.92. The molecule has 2 N–H and O–H groups in total. The van der Waals surface area contributed by atoms with Gasteiger partial charge in [0.1, 0.15) is 24.3 Å². The molecule has 0 unspecified atom stereocenters. The van der Waals surface area contributed by atoms with Crippen LogP contribution in [-0.2, 0) is 26.2 Å². The average molecular weight is 288 g/mol. The fourth-order valence-electron chi connectivity index (χ4n) is 1.75. The predicted molar refractivity (Wildman–Crippen MR) is 62.2 cm³/mol. The van der Waals surface area contributed by atoms with Crippen LogP contribution in [0.2, 0.25) is 0 Å². The van der Waals surface area contributed by atoms with Gasteiger partial charge in [0.2, 0.25) is 0 Å². The average Bonchev–Trinajstić information content (AvgIpc) is 2.51. The second kappa shape index (κ2) is 4.50. The van der Waals surface area contributed by atoms with Gasteiger partial charge in [-0.05, 0) is 17.7 Å². The van der Waals surface area contributed by atoms with E-state index in [1.54, 1.807) is 4.72 Å². The summed E-state index contributed by atoms with van der Waals surface area (Å²) in [6.07, 6.45) is 0.403. The summed E-state index contributed by atoms with van der Waals surface area (Å²) < 4.78 is 39.0. The molecule has 1 fully saturated rings. The summed E-state index contributed by atoms with van der Waals surface area (Å²) in [5.74, 6) is -2.51. The summed E-state index contributed by atoms with van der Waals surface area (Å²) in [6, 6.07) is 2.01. The highest BCUT2D eigenvalue weighted by molar-refractivity contribution is 7.92. The van der Waals surface area contributed by atoms with Gasteiger partial charge in [-0.25, -0.2) is 13.4 Å². The molecule has 7 nitrogen and oxygen atoms in total. The summed E-state index contributed by atoms with van der Waals surface area (Å²) >= 11 is 0. The van der Waals surface area contributed by atoms with Crippen molar-refractivity contribution in [3.05, 3.63) is 23.5 Å². The largest absolute Gasteiger partial charge is 0.506 e. The van der Waals surface area contributed by atoms with Crippen LogP contribution in [-0.4, -0.2) is 32.3 Å². The molecule has 19 heavy (non-hydrogen) atoms. The number of phenols is 1. The lowest BCUT2D eigenvalue weighted by atomic mass is 10.1. The lowest BCUT2D eigenvalue weighted by Crippen LogP contribution is -2.30. The van der Waals surface area contributed by atoms with Crippen LogP contribution in [0.1, 0.15) is 5.56 Å². The summed E-state index contributed by atoms with van der Waals surface area (Å²) in [5, 5.41) is 9.68. The molecule has 2 rings (SSSR count). The number of nitrogens with one attached hydrogen (secondary N) is 1. The van der Waals surface area contributed by atoms with Gasteiger partial charge < -0.3 is 9.90 Å². The van der Waals surface area contributed by atoms with Crippen molar-refractivity contribution in [1.82, 2.24) is 4.72 Å². The maximum absolute atomic E-state index is 13.8. The number of phenolic OH excluding ortho intramolecular Hbond substituents is 1. The topological polar surface area (TPSA) is 104 Å². The summed E-state index contributed by atoms with van der Waals surface area (Å²) in [7, 11) is -4.20. The van der Waals surface area contributed by atoms with Crippen molar-refractivity contribution in [2.24, 2.45) is 0 Å². The van der Waals surface area contributed by atoms with Crippen molar-refractivity contribution in [3.8, 4) is 5.75 Å². The molecule has 1 heterocycles. The van der Waals surface area contributed by atoms with Gasteiger partial charge in [0.05, 0.1) is 0 Å². The van der Waals surface area contributed by atoms with Crippen molar-refractivity contribution >= 4 is 28.1 Å². The van der Waals surface area contributed by atoms with E-state index in [9.17, 15) is 27.5 Å². The second-order valence-electron chi connectivity index (χ2n) is 3.85. The number of hydrogen-bond donors (Lipinski definition) is 2. The number of hydrogen-bond acceptors (Lipinski definition) is 5. The SMILES string of the molecule is O=CCc1cc(O)c(N2CC(=O)NS2(=O)=O)c(F)c1. The van der Waals surface area contributed by atoms with Crippen LogP contribution in [0, 0.1) is 5.82 Å². The van der Waals surface area contributed by atoms with Crippen LogP contribution in [0.4, 0.5) is 10.1 Å². The summed E-state index contributed by atoms with van der Waals surface area (Å²) in [6.45, 7) is -0.611. The molecule has 0 bridgehead atoms. The molecule has 0 atom stereocenters. The number of benzene rings is 1. The van der Waals surface area contributed by atoms with E-state index in [0.29, 0.717) is 10.6 Å². The normalized spacial score (nSPS) is 17.3. The third-order valence-electron chi connectivity index (χ3n) is 2.49. The molecular weight excluding hydrogens is 279 g/mol. The minimum atomic E-state index is -4.20. The van der Waals surface area contributed by atoms with Gasteiger partial charge in [-0.3, -0.25) is 4.79 Å². The van der Waals surface area contributed by atoms with Crippen LogP contribution in [0.15, 0.2) is 12.1 Å². The molecule has 0 aromatic heterocycles. The van der Waals surface area contributed by atoms with E-state index in [1.165, 1.54) is 0 Å². The molecule has 0 saturated carbocycles.